The Morgan fingerprint density at radius 3 is 1.67 bits per heavy atom. The van der Waals surface area contributed by atoms with Gasteiger partial charge in [0.05, 0.1) is 11.0 Å². The molecule has 0 heterocycles. The first-order chi connectivity index (χ1) is 10.6. The predicted octanol–water partition coefficient (Wildman–Crippen LogP) is 5.34. The van der Waals surface area contributed by atoms with Crippen LogP contribution >= 0.6 is 0 Å². The minimum Gasteiger partial charge on any atom is -0.519 e. The van der Waals surface area contributed by atoms with E-state index < -0.39 is 16.6 Å². The van der Waals surface area contributed by atoms with Crippen LogP contribution in [0.5, 0.6) is 0 Å². The number of hydrogen-bond donors (Lipinski definition) is 0. The van der Waals surface area contributed by atoms with E-state index in [0.717, 1.165) is 32.1 Å². The van der Waals surface area contributed by atoms with Crippen molar-refractivity contribution < 1.29 is 13.6 Å². The highest BCUT2D eigenvalue weighted by atomic mass is 28.4. The highest BCUT2D eigenvalue weighted by molar-refractivity contribution is 6.71. The van der Waals surface area contributed by atoms with Crippen molar-refractivity contribution >= 4 is 22.6 Å². The van der Waals surface area contributed by atoms with Crippen LogP contribution in [0.1, 0.15) is 52.4 Å². The van der Waals surface area contributed by atoms with Gasteiger partial charge in [0, 0.05) is 0 Å². The maximum absolute atomic E-state index is 13.3. The van der Waals surface area contributed by atoms with E-state index in [1.807, 2.05) is 0 Å². The third-order valence-electron chi connectivity index (χ3n) is 5.90. The molecule has 24 heavy (non-hydrogen) atoms. The average Bonchev–Trinajstić information content (AvgIpc) is 2.16. The fourth-order valence-corrected chi connectivity index (χ4v) is 9.24. The molecule has 0 saturated heterocycles. The fourth-order valence-electron chi connectivity index (χ4n) is 6.95. The first-order valence-electron chi connectivity index (χ1n) is 9.51. The zero-order valence-electron chi connectivity index (χ0n) is 17.0. The van der Waals surface area contributed by atoms with Crippen LogP contribution in [0.2, 0.25) is 39.3 Å². The van der Waals surface area contributed by atoms with Gasteiger partial charge in [-0.05, 0) is 88.6 Å². The van der Waals surface area contributed by atoms with Crippen molar-refractivity contribution in [3.05, 3.63) is 0 Å². The van der Waals surface area contributed by atoms with Crippen molar-refractivity contribution in [1.29, 1.82) is 0 Å². The van der Waals surface area contributed by atoms with E-state index >= 15 is 0 Å². The van der Waals surface area contributed by atoms with Crippen molar-refractivity contribution in [2.24, 2.45) is 16.2 Å². The second-order valence-electron chi connectivity index (χ2n) is 11.9. The lowest BCUT2D eigenvalue weighted by Gasteiger charge is -2.69. The van der Waals surface area contributed by atoms with E-state index in [-0.39, 0.29) is 27.8 Å². The SMILES string of the molecule is CC12CC3(C)CC(O[Si](C)(C)C)(C1)CC(C(=O)O[Si](C)(C)C)(C2)C3. The van der Waals surface area contributed by atoms with Crippen molar-refractivity contribution in [3.8, 4) is 0 Å². The van der Waals surface area contributed by atoms with Gasteiger partial charge in [0.15, 0.2) is 8.32 Å². The number of carbonyl (C=O) groups excluding carboxylic acids is 1. The van der Waals surface area contributed by atoms with Gasteiger partial charge >= 0.3 is 0 Å². The molecular formula is C19H36O3Si2. The van der Waals surface area contributed by atoms with Crippen LogP contribution in [-0.2, 0) is 13.6 Å². The van der Waals surface area contributed by atoms with Gasteiger partial charge in [0.2, 0.25) is 8.32 Å². The van der Waals surface area contributed by atoms with Crippen LogP contribution in [0.15, 0.2) is 0 Å². The Morgan fingerprint density at radius 1 is 0.750 bits per heavy atom. The molecule has 0 spiro atoms. The van der Waals surface area contributed by atoms with Crippen LogP contribution in [0.25, 0.3) is 0 Å². The largest absolute Gasteiger partial charge is 0.519 e. The van der Waals surface area contributed by atoms with Crippen LogP contribution in [0.3, 0.4) is 0 Å². The van der Waals surface area contributed by atoms with Crippen molar-refractivity contribution in [1.82, 2.24) is 0 Å². The minimum absolute atomic E-state index is 0.0850. The molecule has 0 N–H and O–H groups in total. The molecule has 0 aromatic carbocycles. The lowest BCUT2D eigenvalue weighted by Crippen LogP contribution is -2.67. The first kappa shape index (κ1) is 18.6. The second-order valence-corrected chi connectivity index (χ2v) is 20.7. The molecule has 3 nitrogen and oxygen atoms in total. The maximum Gasteiger partial charge on any atom is 0.298 e. The van der Waals surface area contributed by atoms with Gasteiger partial charge in [-0.3, -0.25) is 4.79 Å². The molecule has 4 saturated carbocycles. The average molecular weight is 369 g/mol. The molecule has 4 rings (SSSR count). The summed E-state index contributed by atoms with van der Waals surface area (Å²) in [6.07, 6.45) is 6.37. The molecule has 2 unspecified atom stereocenters. The normalized spacial score (nSPS) is 44.7. The molecular weight excluding hydrogens is 332 g/mol. The highest BCUT2D eigenvalue weighted by Gasteiger charge is 2.69. The standard InChI is InChI=1S/C19H36O3Si2/c1-16-9-17(2)11-18(10-16,15(20)21-23(3,4)5)14-19(12-16,13-17)22-24(6,7)8/h9-14H2,1-8H3. The Labute approximate surface area is 150 Å². The molecule has 4 fully saturated rings. The molecule has 0 radical (unpaired) electrons. The summed E-state index contributed by atoms with van der Waals surface area (Å²) in [6.45, 7) is 18.0. The Bertz CT molecular complexity index is 534. The molecule has 4 aliphatic carbocycles. The van der Waals surface area contributed by atoms with E-state index in [2.05, 4.69) is 53.1 Å². The van der Waals surface area contributed by atoms with Crippen LogP contribution < -0.4 is 0 Å². The Hall–Kier alpha value is -0.136. The number of carbonyl (C=O) groups is 1. The predicted molar refractivity (Wildman–Crippen MR) is 103 cm³/mol. The molecule has 0 aliphatic heterocycles. The summed E-state index contributed by atoms with van der Waals surface area (Å²) in [5, 5.41) is 0. The molecule has 0 aromatic rings. The Kier molecular flexibility index (Phi) is 3.87. The van der Waals surface area contributed by atoms with Gasteiger partial charge < -0.3 is 8.85 Å². The van der Waals surface area contributed by atoms with Crippen LogP contribution in [-0.4, -0.2) is 28.2 Å². The molecule has 5 heteroatoms. The van der Waals surface area contributed by atoms with Gasteiger partial charge in [-0.15, -0.1) is 0 Å². The van der Waals surface area contributed by atoms with E-state index in [4.69, 9.17) is 8.85 Å². The summed E-state index contributed by atoms with van der Waals surface area (Å²) in [6, 6.07) is 0. The summed E-state index contributed by atoms with van der Waals surface area (Å²) >= 11 is 0. The van der Waals surface area contributed by atoms with Crippen molar-refractivity contribution in [3.63, 3.8) is 0 Å². The van der Waals surface area contributed by atoms with Crippen LogP contribution in [0.4, 0.5) is 0 Å². The zero-order chi connectivity index (χ0) is 18.2. The van der Waals surface area contributed by atoms with E-state index in [9.17, 15) is 4.79 Å². The molecule has 4 aliphatic rings. The molecule has 0 amide bonds. The second kappa shape index (κ2) is 4.98. The summed E-state index contributed by atoms with van der Waals surface area (Å²) < 4.78 is 12.9. The monoisotopic (exact) mass is 368 g/mol. The summed E-state index contributed by atoms with van der Waals surface area (Å²) in [5.74, 6) is 0.0850. The van der Waals surface area contributed by atoms with Gasteiger partial charge in [0.25, 0.3) is 5.97 Å². The van der Waals surface area contributed by atoms with Crippen LogP contribution in [0, 0.1) is 16.2 Å². The summed E-state index contributed by atoms with van der Waals surface area (Å²) in [7, 11) is -3.54. The van der Waals surface area contributed by atoms with E-state index in [1.54, 1.807) is 0 Å². The maximum atomic E-state index is 13.3. The van der Waals surface area contributed by atoms with E-state index in [1.165, 1.54) is 6.42 Å². The van der Waals surface area contributed by atoms with Gasteiger partial charge in [-0.25, -0.2) is 0 Å². The fraction of sp³-hybridized carbons (Fsp3) is 0.947. The minimum atomic E-state index is -1.87. The third-order valence-corrected chi connectivity index (χ3v) is 7.74. The molecule has 0 aromatic heterocycles. The first-order valence-corrected chi connectivity index (χ1v) is 16.3. The number of hydrogen-bond acceptors (Lipinski definition) is 3. The molecule has 2 atom stereocenters. The molecule has 4 bridgehead atoms. The van der Waals surface area contributed by atoms with Gasteiger partial charge in [0.1, 0.15) is 0 Å². The zero-order valence-corrected chi connectivity index (χ0v) is 19.0. The lowest BCUT2D eigenvalue weighted by atomic mass is 9.39. The highest BCUT2D eigenvalue weighted by Crippen LogP contribution is 2.72. The Balaban J connectivity index is 1.99. The Morgan fingerprint density at radius 2 is 1.25 bits per heavy atom. The quantitative estimate of drug-likeness (QED) is 0.629. The topological polar surface area (TPSA) is 35.5 Å². The van der Waals surface area contributed by atoms with Gasteiger partial charge in [-0.2, -0.15) is 0 Å². The third kappa shape index (κ3) is 3.41. The smallest absolute Gasteiger partial charge is 0.298 e. The van der Waals surface area contributed by atoms with Crippen molar-refractivity contribution in [2.45, 2.75) is 97.3 Å². The lowest BCUT2D eigenvalue weighted by molar-refractivity contribution is -0.224. The molecule has 138 valence electrons. The van der Waals surface area contributed by atoms with Crippen molar-refractivity contribution in [2.75, 3.05) is 0 Å². The summed E-state index contributed by atoms with van der Waals surface area (Å²) in [5.41, 5.74) is 0.0442. The number of rotatable bonds is 4. The van der Waals surface area contributed by atoms with Gasteiger partial charge in [-0.1, -0.05) is 13.8 Å². The van der Waals surface area contributed by atoms with E-state index in [0.29, 0.717) is 0 Å². The summed E-state index contributed by atoms with van der Waals surface area (Å²) in [4.78, 5) is 13.3.